The average molecular weight is 958 g/mol. The number of guanidine groups is 4. The molecule has 0 spiro atoms. The van der Waals surface area contributed by atoms with Crippen molar-refractivity contribution in [2.75, 3.05) is 33.3 Å². The second-order valence-corrected chi connectivity index (χ2v) is 12.4. The van der Waals surface area contributed by atoms with Gasteiger partial charge in [-0.2, -0.15) is 31.2 Å². The van der Waals surface area contributed by atoms with E-state index in [1.54, 1.807) is 51.2 Å². The minimum atomic E-state index is -1.19. The van der Waals surface area contributed by atoms with Gasteiger partial charge >= 0.3 is 35.9 Å². The van der Waals surface area contributed by atoms with Crippen LogP contribution >= 0.6 is 0 Å². The molecular weight excluding hydrogens is 907 g/mol. The number of amides is 4. The molecule has 4 amide bonds. The fraction of sp³-hybridized carbons (Fsp3) is 0.394. The van der Waals surface area contributed by atoms with E-state index in [1.165, 1.54) is 28.0 Å². The van der Waals surface area contributed by atoms with Crippen molar-refractivity contribution in [1.29, 1.82) is 21.0 Å². The summed E-state index contributed by atoms with van der Waals surface area (Å²) in [4.78, 5) is 79.4. The predicted molar refractivity (Wildman–Crippen MR) is 233 cm³/mol. The zero-order valence-corrected chi connectivity index (χ0v) is 36.7. The number of hydrogen-bond donors (Lipinski definition) is 16. The number of carboxylic acids is 4. The first kappa shape index (κ1) is 59.9. The number of aliphatic imine (C=N–C) groups is 4. The molecule has 1 fully saturated rings. The normalized spacial score (nSPS) is 12.9. The number of carbonyl (C=O) groups excluding carboxylic acids is 2. The molecule has 0 radical (unpaired) electrons. The summed E-state index contributed by atoms with van der Waals surface area (Å²) in [5.41, 5.74) is 28.5. The third kappa shape index (κ3) is 27.7. The van der Waals surface area contributed by atoms with Gasteiger partial charge in [0.05, 0.1) is 44.7 Å². The Labute approximate surface area is 385 Å². The van der Waals surface area contributed by atoms with E-state index in [-0.39, 0.29) is 43.2 Å². The molecule has 1 saturated heterocycles. The lowest BCUT2D eigenvalue weighted by atomic mass is 10.2. The van der Waals surface area contributed by atoms with Gasteiger partial charge in [0.25, 0.3) is 0 Å². The van der Waals surface area contributed by atoms with Gasteiger partial charge in [-0.15, -0.1) is 4.99 Å². The molecule has 2 aromatic heterocycles. The number of aryl methyl sites for hydroxylation is 3. The first-order valence-corrected chi connectivity index (χ1v) is 18.4. The summed E-state index contributed by atoms with van der Waals surface area (Å²) >= 11 is 0. The number of primary amides is 1. The van der Waals surface area contributed by atoms with Crippen LogP contribution in [0.15, 0.2) is 32.4 Å². The minimum absolute atomic E-state index is 0.0392. The number of carboxylic acid groups (broad SMARTS) is 4. The third-order valence-corrected chi connectivity index (χ3v) is 7.47. The molecule has 368 valence electrons. The van der Waals surface area contributed by atoms with Gasteiger partial charge < -0.3 is 70.4 Å². The molecule has 35 heteroatoms. The fourth-order valence-electron chi connectivity index (χ4n) is 4.01. The maximum atomic E-state index is 10.9. The van der Waals surface area contributed by atoms with Crippen LogP contribution in [0.25, 0.3) is 0 Å². The number of carbonyl (C=O) groups is 6. The number of nitrogens with one attached hydrogen (secondary N) is 7. The van der Waals surface area contributed by atoms with Crippen molar-refractivity contribution in [1.82, 2.24) is 61.7 Å². The summed E-state index contributed by atoms with van der Waals surface area (Å²) < 4.78 is 2.41. The molecule has 0 aromatic carbocycles. The number of aliphatic carboxylic acids is 4. The number of aromatic nitrogens is 4. The van der Waals surface area contributed by atoms with Crippen LogP contribution in [0.1, 0.15) is 47.4 Å². The third-order valence-electron chi connectivity index (χ3n) is 7.47. The highest BCUT2D eigenvalue weighted by molar-refractivity contribution is 5.82. The van der Waals surface area contributed by atoms with E-state index < -0.39 is 54.8 Å². The highest BCUT2D eigenvalue weighted by Gasteiger charge is 2.26. The van der Waals surface area contributed by atoms with Crippen LogP contribution in [0.4, 0.5) is 9.59 Å². The van der Waals surface area contributed by atoms with Crippen LogP contribution < -0.4 is 65.9 Å². The lowest BCUT2D eigenvalue weighted by Crippen LogP contribution is -2.54. The van der Waals surface area contributed by atoms with E-state index in [9.17, 15) is 28.8 Å². The molecule has 3 heterocycles. The van der Waals surface area contributed by atoms with Crippen LogP contribution in [0.5, 0.6) is 0 Å². The van der Waals surface area contributed by atoms with Crippen molar-refractivity contribution in [2.24, 2.45) is 48.6 Å². The fourth-order valence-corrected chi connectivity index (χ4v) is 4.01. The Hall–Kier alpha value is -10.2. The van der Waals surface area contributed by atoms with Gasteiger partial charge in [0.2, 0.25) is 30.0 Å². The smallest absolute Gasteiger partial charge is 0.329 e. The van der Waals surface area contributed by atoms with E-state index in [4.69, 9.17) is 70.1 Å². The number of nitrogens with two attached hydrogens (primary N) is 5. The molecule has 0 saturated carbocycles. The quantitative estimate of drug-likeness (QED) is 0.0364. The zero-order valence-electron chi connectivity index (χ0n) is 36.7. The van der Waals surface area contributed by atoms with Gasteiger partial charge in [-0.25, -0.2) is 39.1 Å². The molecule has 2 unspecified atom stereocenters. The molecule has 3 rings (SSSR count). The van der Waals surface area contributed by atoms with Crippen molar-refractivity contribution in [3.8, 4) is 24.8 Å². The predicted octanol–water partition coefficient (Wildman–Crippen LogP) is -5.23. The lowest BCUT2D eigenvalue weighted by molar-refractivity contribution is -0.147. The number of hydrogen-bond acceptors (Lipinski definition) is 17. The molecular formula is C33H51N25O10. The summed E-state index contributed by atoms with van der Waals surface area (Å²) in [7, 11) is 0. The maximum Gasteiger partial charge on any atom is 0.329 e. The van der Waals surface area contributed by atoms with E-state index >= 15 is 0 Å². The summed E-state index contributed by atoms with van der Waals surface area (Å²) in [6, 6.07) is -3.18. The second kappa shape index (κ2) is 33.4. The van der Waals surface area contributed by atoms with Gasteiger partial charge in [0.15, 0.2) is 30.7 Å². The van der Waals surface area contributed by atoms with Crippen LogP contribution in [0, 0.1) is 73.5 Å². The Morgan fingerprint density at radius 1 is 0.735 bits per heavy atom. The van der Waals surface area contributed by atoms with Crippen molar-refractivity contribution < 1.29 is 49.2 Å². The molecule has 1 aliphatic heterocycles. The Morgan fingerprint density at radius 2 is 1.21 bits per heavy atom. The van der Waals surface area contributed by atoms with Gasteiger partial charge in [0.1, 0.15) is 13.3 Å². The SMILES string of the molecule is Cc1cn(C(CC(=O)O)C(=O)O)nc1C.Cc1cnn(C(CC(=O)O)C(=O)O)c1C.N#CN=C(N)NCN=C(N)NC#N.N#CNC(N)=NCN1CNC(=O)NC1.N#CNC(N)=NCNC(N)=O. The van der Waals surface area contributed by atoms with Gasteiger partial charge in [-0.05, 0) is 38.8 Å². The average Bonchev–Trinajstić information content (AvgIpc) is 3.77. The molecule has 1 aliphatic rings. The molecule has 2 atom stereocenters. The monoisotopic (exact) mass is 957 g/mol. The Bertz CT molecular complexity index is 2280. The lowest BCUT2D eigenvalue weighted by Gasteiger charge is -2.25. The van der Waals surface area contributed by atoms with E-state index in [0.717, 1.165) is 11.1 Å². The first-order valence-electron chi connectivity index (χ1n) is 18.4. The van der Waals surface area contributed by atoms with E-state index in [1.807, 2.05) is 0 Å². The summed E-state index contributed by atoms with van der Waals surface area (Å²) in [5.74, 6) is -4.81. The minimum Gasteiger partial charge on any atom is -0.481 e. The Kier molecular flexibility index (Phi) is 29.4. The van der Waals surface area contributed by atoms with Gasteiger partial charge in [0, 0.05) is 11.9 Å². The first-order chi connectivity index (χ1) is 31.9. The molecule has 0 bridgehead atoms. The molecule has 68 heavy (non-hydrogen) atoms. The van der Waals surface area contributed by atoms with Gasteiger partial charge in [-0.1, -0.05) is 0 Å². The molecule has 21 N–H and O–H groups in total. The number of urea groups is 2. The van der Waals surface area contributed by atoms with Crippen molar-refractivity contribution in [3.63, 3.8) is 0 Å². The van der Waals surface area contributed by atoms with E-state index in [2.05, 4.69) is 67.4 Å². The van der Waals surface area contributed by atoms with Crippen molar-refractivity contribution in [2.45, 2.75) is 52.6 Å². The highest BCUT2D eigenvalue weighted by atomic mass is 16.4. The number of nitriles is 4. The van der Waals surface area contributed by atoms with Crippen LogP contribution in [-0.2, 0) is 19.2 Å². The van der Waals surface area contributed by atoms with E-state index in [0.29, 0.717) is 31.4 Å². The summed E-state index contributed by atoms with van der Waals surface area (Å²) in [6.07, 6.45) is 8.38. The molecule has 35 nitrogen and oxygen atoms in total. The molecule has 2 aromatic rings. The van der Waals surface area contributed by atoms with Crippen LogP contribution in [-0.4, -0.2) is 138 Å². The second-order valence-electron chi connectivity index (χ2n) is 12.4. The highest BCUT2D eigenvalue weighted by Crippen LogP contribution is 2.16. The van der Waals surface area contributed by atoms with Crippen molar-refractivity contribution >= 4 is 59.8 Å². The van der Waals surface area contributed by atoms with Crippen molar-refractivity contribution in [3.05, 3.63) is 34.9 Å². The standard InChI is InChI=1S/2C9H12N2O4.C6H11N7O.C5H8N8.C4H8N6O/c1-5-4-11(10-6(5)2)7(9(14)15)3-8(12)13;1-5-4-10-11(6(5)2)7(9(14)15)3-8(12)13;7-1-9-5(8)10-2-13-3-11-6(14)12-4-13;6-1-10-4(8)12-3-13-5(9)11-2-7;5-1-8-3(6)9-2-10-4(7)11/h2*4,7H,3H2,1-2H3,(H,12,13)(H,14,15);2-4H2,(H3,8,9,10)(H2,11,12,14);3H2,(H3,8,10,12)(H3,9,11,13);2H2,(H3,6,8,9)(H3,7,10,11). The number of nitrogens with zero attached hydrogens (tertiary/aromatic N) is 13. The van der Waals surface area contributed by atoms with Crippen LogP contribution in [0.3, 0.4) is 0 Å². The Morgan fingerprint density at radius 3 is 1.59 bits per heavy atom. The largest absolute Gasteiger partial charge is 0.481 e. The maximum absolute atomic E-state index is 10.9. The zero-order chi connectivity index (χ0) is 52.4. The van der Waals surface area contributed by atoms with Gasteiger partial charge in [-0.3, -0.25) is 34.9 Å². The summed E-state index contributed by atoms with van der Waals surface area (Å²) in [5, 5.41) is 91.2. The summed E-state index contributed by atoms with van der Waals surface area (Å²) in [6.45, 7) is 8.16. The number of rotatable bonds is 14. The van der Waals surface area contributed by atoms with Crippen LogP contribution in [0.2, 0.25) is 0 Å². The topological polar surface area (TPSA) is 581 Å². The molecule has 0 aliphatic carbocycles. The Balaban J connectivity index is 0.